The maximum absolute atomic E-state index is 11.6. The Labute approximate surface area is 362 Å². The average Bonchev–Trinajstić information content (AvgIpc) is 3.70. The molecule has 62 heavy (non-hydrogen) atoms. The van der Waals surface area contributed by atoms with Crippen LogP contribution in [0.3, 0.4) is 0 Å². The number of ether oxygens (including phenoxy) is 8. The van der Waals surface area contributed by atoms with E-state index < -0.39 is 117 Å². The molecule has 352 valence electrons. The summed E-state index contributed by atoms with van der Waals surface area (Å²) < 4.78 is 50.1. The number of hydrogen-bond donors (Lipinski definition) is 9. The Bertz CT molecular complexity index is 1650. The van der Waals surface area contributed by atoms with Crippen molar-refractivity contribution in [1.29, 1.82) is 0 Å². The molecular weight excluding hydrogens is 812 g/mol. The lowest BCUT2D eigenvalue weighted by atomic mass is 9.47. The van der Waals surface area contributed by atoms with Crippen molar-refractivity contribution in [2.24, 2.45) is 40.4 Å². The van der Waals surface area contributed by atoms with Gasteiger partial charge < -0.3 is 83.9 Å². The van der Waals surface area contributed by atoms with Crippen LogP contribution in [0.25, 0.3) is 0 Å². The number of aliphatic hydroxyl groups is 9. The van der Waals surface area contributed by atoms with Gasteiger partial charge in [0.05, 0.1) is 38.1 Å². The summed E-state index contributed by atoms with van der Waals surface area (Å²) in [6, 6.07) is 0. The van der Waals surface area contributed by atoms with Crippen molar-refractivity contribution in [1.82, 2.24) is 0 Å². The summed E-state index contributed by atoms with van der Waals surface area (Å²) in [7, 11) is 0. The van der Waals surface area contributed by atoms with Crippen molar-refractivity contribution >= 4 is 0 Å². The molecule has 9 N–H and O–H groups in total. The van der Waals surface area contributed by atoms with Crippen LogP contribution in [-0.4, -0.2) is 176 Å². The van der Waals surface area contributed by atoms with E-state index in [0.717, 1.165) is 50.5 Å². The Morgan fingerprint density at radius 3 is 2.08 bits per heavy atom. The first-order valence-corrected chi connectivity index (χ1v) is 23.0. The lowest BCUT2D eigenvalue weighted by Crippen LogP contribution is -2.67. The van der Waals surface area contributed by atoms with Gasteiger partial charge in [0.2, 0.25) is 0 Å². The molecule has 9 rings (SSSR count). The molecule has 25 unspecified atom stereocenters. The Morgan fingerprint density at radius 2 is 1.39 bits per heavy atom. The fourth-order valence-corrected chi connectivity index (χ4v) is 13.9. The predicted octanol–water partition coefficient (Wildman–Crippen LogP) is 0.134. The number of rotatable bonds is 8. The molecule has 0 amide bonds. The van der Waals surface area contributed by atoms with Gasteiger partial charge in [-0.05, 0) is 92.8 Å². The van der Waals surface area contributed by atoms with Crippen molar-refractivity contribution < 1.29 is 83.9 Å². The highest BCUT2D eigenvalue weighted by molar-refractivity contribution is 5.26. The van der Waals surface area contributed by atoms with Gasteiger partial charge in [-0.25, -0.2) is 0 Å². The normalized spacial score (nSPS) is 56.5. The molecule has 17 nitrogen and oxygen atoms in total. The molecule has 25 atom stereocenters. The largest absolute Gasteiger partial charge is 0.394 e. The van der Waals surface area contributed by atoms with Crippen LogP contribution in [0, 0.1) is 40.4 Å². The van der Waals surface area contributed by atoms with E-state index in [2.05, 4.69) is 33.4 Å². The first-order valence-electron chi connectivity index (χ1n) is 23.0. The topological polar surface area (TPSA) is 256 Å². The average molecular weight is 883 g/mol. The number of allylic oxidation sites excluding steroid dienone is 1. The van der Waals surface area contributed by atoms with E-state index >= 15 is 0 Å². The second kappa shape index (κ2) is 17.1. The molecule has 4 aliphatic carbocycles. The lowest BCUT2D eigenvalue weighted by Gasteiger charge is -2.58. The summed E-state index contributed by atoms with van der Waals surface area (Å²) >= 11 is 0. The van der Waals surface area contributed by atoms with E-state index in [4.69, 9.17) is 37.9 Å². The first kappa shape index (κ1) is 45.9. The molecule has 0 aromatic rings. The van der Waals surface area contributed by atoms with Gasteiger partial charge in [-0.15, -0.1) is 0 Å². The highest BCUT2D eigenvalue weighted by Gasteiger charge is 2.69. The molecule has 3 saturated carbocycles. The van der Waals surface area contributed by atoms with Crippen molar-refractivity contribution in [3.63, 3.8) is 0 Å². The fourth-order valence-electron chi connectivity index (χ4n) is 13.9. The van der Waals surface area contributed by atoms with Crippen LogP contribution < -0.4 is 0 Å². The Kier molecular flexibility index (Phi) is 12.7. The third kappa shape index (κ3) is 7.41. The summed E-state index contributed by atoms with van der Waals surface area (Å²) in [5, 5.41) is 95.8. The standard InChI is InChI=1S/C45H70O17/c1-19-8-13-45(55-18-19)20(2)30-27(62-45)15-26-24-7-6-22-14-23(9-11-43(22,4)25(24)10-12-44(26,30)5)57-42-39(61-40-36(53)34(51)31(48)21(3)56-40)38(33(50)29(17-47)59-42)60-41-37(54)35(52)32(49)28(16-46)58-41/h6,20-21,23-42,46-54H,1,7-18H2,2-5H3. The zero-order chi connectivity index (χ0) is 44.2. The Balaban J connectivity index is 0.941. The predicted molar refractivity (Wildman–Crippen MR) is 214 cm³/mol. The maximum atomic E-state index is 11.6. The summed E-state index contributed by atoms with van der Waals surface area (Å²) in [6.45, 7) is 12.1. The quantitative estimate of drug-likeness (QED) is 0.147. The fraction of sp³-hybridized carbons (Fsp3) is 0.911. The minimum Gasteiger partial charge on any atom is -0.394 e. The third-order valence-electron chi connectivity index (χ3n) is 17.4. The summed E-state index contributed by atoms with van der Waals surface area (Å²) in [5.74, 6) is 1.79. The smallest absolute Gasteiger partial charge is 0.187 e. The van der Waals surface area contributed by atoms with Crippen LogP contribution in [0.1, 0.15) is 85.5 Å². The molecular formula is C45H70O17. The lowest BCUT2D eigenvalue weighted by molar-refractivity contribution is -0.394. The van der Waals surface area contributed by atoms with Gasteiger partial charge in [-0.3, -0.25) is 0 Å². The van der Waals surface area contributed by atoms with Gasteiger partial charge in [0.15, 0.2) is 24.7 Å². The molecule has 0 radical (unpaired) electrons. The molecule has 8 fully saturated rings. The van der Waals surface area contributed by atoms with Gasteiger partial charge in [0, 0.05) is 12.3 Å². The van der Waals surface area contributed by atoms with Crippen LogP contribution in [0.15, 0.2) is 23.8 Å². The van der Waals surface area contributed by atoms with Crippen LogP contribution in [0.5, 0.6) is 0 Å². The number of hydrogen-bond acceptors (Lipinski definition) is 17. The molecule has 17 heteroatoms. The van der Waals surface area contributed by atoms with E-state index in [1.54, 1.807) is 0 Å². The summed E-state index contributed by atoms with van der Waals surface area (Å²) in [5.41, 5.74) is 2.55. The zero-order valence-corrected chi connectivity index (χ0v) is 36.3. The molecule has 1 spiro atoms. The molecule has 5 aliphatic heterocycles. The van der Waals surface area contributed by atoms with Crippen molar-refractivity contribution in [2.45, 2.75) is 196 Å². The Hall–Kier alpha value is -1.20. The van der Waals surface area contributed by atoms with Crippen LogP contribution in [-0.2, 0) is 37.9 Å². The highest BCUT2D eigenvalue weighted by atomic mass is 16.8. The zero-order valence-electron chi connectivity index (χ0n) is 36.3. The highest BCUT2D eigenvalue weighted by Crippen LogP contribution is 2.70. The monoisotopic (exact) mass is 882 g/mol. The minimum atomic E-state index is -1.84. The molecule has 9 aliphatic rings. The van der Waals surface area contributed by atoms with Crippen molar-refractivity contribution in [3.8, 4) is 0 Å². The van der Waals surface area contributed by atoms with Crippen molar-refractivity contribution in [3.05, 3.63) is 23.8 Å². The van der Waals surface area contributed by atoms with Crippen LogP contribution in [0.4, 0.5) is 0 Å². The van der Waals surface area contributed by atoms with Gasteiger partial charge in [-0.2, -0.15) is 0 Å². The van der Waals surface area contributed by atoms with Gasteiger partial charge in [0.1, 0.15) is 67.1 Å². The van der Waals surface area contributed by atoms with Gasteiger partial charge in [0.25, 0.3) is 0 Å². The minimum absolute atomic E-state index is 0.0581. The van der Waals surface area contributed by atoms with E-state index in [9.17, 15) is 46.0 Å². The molecule has 5 saturated heterocycles. The SMILES string of the molecule is C=C1CCC2(OC1)OC1CC3C4CC=C5CC(OC6OC(CO)C(O)C(OC7OC(CO)C(O)C(O)C7O)C6OC6OC(C)C(O)C(O)C6O)CCC5(C)C4CCC3(C)C1C2C. The first-order chi connectivity index (χ1) is 29.4. The third-order valence-corrected chi connectivity index (χ3v) is 17.4. The molecule has 0 aromatic carbocycles. The van der Waals surface area contributed by atoms with E-state index in [0.29, 0.717) is 49.0 Å². The Morgan fingerprint density at radius 1 is 0.726 bits per heavy atom. The second-order valence-corrected chi connectivity index (χ2v) is 20.7. The van der Waals surface area contributed by atoms with E-state index in [1.807, 2.05) is 0 Å². The number of fused-ring (bicyclic) bond motifs is 7. The van der Waals surface area contributed by atoms with Gasteiger partial charge >= 0.3 is 0 Å². The summed E-state index contributed by atoms with van der Waals surface area (Å²) in [4.78, 5) is 0. The second-order valence-electron chi connectivity index (χ2n) is 20.7. The summed E-state index contributed by atoms with van der Waals surface area (Å²) in [6.07, 6.45) is -12.8. The van der Waals surface area contributed by atoms with Gasteiger partial charge in [-0.1, -0.05) is 44.6 Å². The van der Waals surface area contributed by atoms with Crippen LogP contribution >= 0.6 is 0 Å². The molecule has 5 heterocycles. The van der Waals surface area contributed by atoms with Crippen molar-refractivity contribution in [2.75, 3.05) is 19.8 Å². The van der Waals surface area contributed by atoms with Crippen LogP contribution in [0.2, 0.25) is 0 Å². The molecule has 0 aromatic heterocycles. The van der Waals surface area contributed by atoms with E-state index in [-0.39, 0.29) is 16.9 Å². The van der Waals surface area contributed by atoms with E-state index in [1.165, 1.54) is 12.5 Å². The molecule has 0 bridgehead atoms. The number of aliphatic hydroxyl groups excluding tert-OH is 9. The maximum Gasteiger partial charge on any atom is 0.187 e.